The molecule has 1 atom stereocenters. The number of phenolic OH excluding ortho intramolecular Hbond substituents is 1. The van der Waals surface area contributed by atoms with Crippen LogP contribution in [0, 0.1) is 0 Å². The molecule has 0 aliphatic carbocycles. The van der Waals surface area contributed by atoms with Crippen LogP contribution in [0.2, 0.25) is 0 Å². The van der Waals surface area contributed by atoms with Crippen LogP contribution in [0.15, 0.2) is 48.1 Å². The number of rotatable bonds is 7. The Morgan fingerprint density at radius 1 is 1.22 bits per heavy atom. The van der Waals surface area contributed by atoms with Gasteiger partial charge in [0.1, 0.15) is 11.4 Å². The minimum absolute atomic E-state index is 0.206. The van der Waals surface area contributed by atoms with Gasteiger partial charge in [-0.1, -0.05) is 12.1 Å². The standard InChI is InChI=1S/C23H26N6O2S/c30-12-3-10-28-9-2-5-17(15-28)25-22-24-8-7-19(26-22)21-20(16-4-1-6-18(31)14-16)27-23-29(21)11-13-32-23/h1,4,6-8,11,13-14,17,30-31H,2-3,5,9-10,12,15H2,(H,24,25,26). The van der Waals surface area contributed by atoms with Crippen LogP contribution in [0.1, 0.15) is 19.3 Å². The smallest absolute Gasteiger partial charge is 0.223 e. The number of nitrogens with one attached hydrogen (secondary N) is 1. The molecule has 0 spiro atoms. The second-order valence-electron chi connectivity index (χ2n) is 8.04. The van der Waals surface area contributed by atoms with Crippen LogP contribution in [0.4, 0.5) is 5.95 Å². The largest absolute Gasteiger partial charge is 0.508 e. The van der Waals surface area contributed by atoms with E-state index in [2.05, 4.69) is 15.2 Å². The Hall–Kier alpha value is -3.01. The van der Waals surface area contributed by atoms with Crippen molar-refractivity contribution in [3.05, 3.63) is 48.1 Å². The van der Waals surface area contributed by atoms with Crippen LogP contribution in [-0.2, 0) is 0 Å². The first kappa shape index (κ1) is 20.9. The molecule has 5 rings (SSSR count). The molecule has 1 aliphatic heterocycles. The molecule has 1 aromatic carbocycles. The van der Waals surface area contributed by atoms with Crippen molar-refractivity contribution in [2.45, 2.75) is 25.3 Å². The van der Waals surface area contributed by atoms with Crippen LogP contribution in [0.5, 0.6) is 5.75 Å². The van der Waals surface area contributed by atoms with Crippen molar-refractivity contribution in [1.82, 2.24) is 24.3 Å². The van der Waals surface area contributed by atoms with E-state index in [0.717, 1.165) is 66.5 Å². The number of nitrogens with zero attached hydrogens (tertiary/aromatic N) is 5. The number of hydrogen-bond acceptors (Lipinski definition) is 8. The van der Waals surface area contributed by atoms with Crippen molar-refractivity contribution in [2.75, 3.05) is 31.6 Å². The Kier molecular flexibility index (Phi) is 6.02. The Labute approximate surface area is 190 Å². The maximum atomic E-state index is 9.98. The maximum absolute atomic E-state index is 9.98. The number of hydrogen-bond donors (Lipinski definition) is 3. The highest BCUT2D eigenvalue weighted by Crippen LogP contribution is 2.34. The second-order valence-corrected chi connectivity index (χ2v) is 8.91. The van der Waals surface area contributed by atoms with Gasteiger partial charge in [-0.3, -0.25) is 4.40 Å². The van der Waals surface area contributed by atoms with Crippen LogP contribution in [0.3, 0.4) is 0 Å². The molecule has 4 heterocycles. The van der Waals surface area contributed by atoms with Crippen molar-refractivity contribution in [3.8, 4) is 28.4 Å². The molecule has 0 bridgehead atoms. The number of aromatic nitrogens is 4. The van der Waals surface area contributed by atoms with E-state index >= 15 is 0 Å². The van der Waals surface area contributed by atoms with E-state index in [1.165, 1.54) is 0 Å². The van der Waals surface area contributed by atoms with Gasteiger partial charge in [-0.2, -0.15) is 0 Å². The second kappa shape index (κ2) is 9.23. The molecule has 1 saturated heterocycles. The summed E-state index contributed by atoms with van der Waals surface area (Å²) in [6, 6.07) is 9.31. The highest BCUT2D eigenvalue weighted by atomic mass is 32.1. The zero-order valence-corrected chi connectivity index (χ0v) is 18.5. The number of aliphatic hydroxyl groups excluding tert-OH is 1. The fraction of sp³-hybridized carbons (Fsp3) is 0.348. The lowest BCUT2D eigenvalue weighted by molar-refractivity contribution is 0.190. The summed E-state index contributed by atoms with van der Waals surface area (Å²) >= 11 is 1.56. The molecule has 32 heavy (non-hydrogen) atoms. The first-order chi connectivity index (χ1) is 15.7. The van der Waals surface area contributed by atoms with Crippen molar-refractivity contribution in [3.63, 3.8) is 0 Å². The molecule has 9 heteroatoms. The van der Waals surface area contributed by atoms with Crippen LogP contribution in [-0.4, -0.2) is 66.7 Å². The summed E-state index contributed by atoms with van der Waals surface area (Å²) < 4.78 is 2.04. The third kappa shape index (κ3) is 4.32. The van der Waals surface area contributed by atoms with E-state index in [1.54, 1.807) is 29.7 Å². The van der Waals surface area contributed by atoms with Gasteiger partial charge in [-0.05, 0) is 44.0 Å². The van der Waals surface area contributed by atoms with E-state index in [1.807, 2.05) is 34.2 Å². The number of benzene rings is 1. The maximum Gasteiger partial charge on any atom is 0.223 e. The Morgan fingerprint density at radius 2 is 2.16 bits per heavy atom. The lowest BCUT2D eigenvalue weighted by Crippen LogP contribution is -2.42. The summed E-state index contributed by atoms with van der Waals surface area (Å²) in [5.41, 5.74) is 3.28. The first-order valence-corrected chi connectivity index (χ1v) is 11.8. The molecule has 1 unspecified atom stereocenters. The zero-order valence-electron chi connectivity index (χ0n) is 17.7. The molecule has 0 radical (unpaired) electrons. The Morgan fingerprint density at radius 3 is 3.03 bits per heavy atom. The van der Waals surface area contributed by atoms with Gasteiger partial charge in [-0.25, -0.2) is 15.0 Å². The van der Waals surface area contributed by atoms with Crippen LogP contribution < -0.4 is 5.32 Å². The lowest BCUT2D eigenvalue weighted by Gasteiger charge is -2.33. The van der Waals surface area contributed by atoms with Crippen molar-refractivity contribution >= 4 is 22.2 Å². The van der Waals surface area contributed by atoms with E-state index in [9.17, 15) is 5.11 Å². The summed E-state index contributed by atoms with van der Waals surface area (Å²) in [4.78, 5) is 17.4. The van der Waals surface area contributed by atoms with Gasteiger partial charge < -0.3 is 20.4 Å². The van der Waals surface area contributed by atoms with Gasteiger partial charge >= 0.3 is 0 Å². The summed E-state index contributed by atoms with van der Waals surface area (Å²) in [6.45, 7) is 3.13. The average molecular weight is 451 g/mol. The number of likely N-dealkylation sites (tertiary alicyclic amines) is 1. The van der Waals surface area contributed by atoms with Gasteiger partial charge in [-0.15, -0.1) is 11.3 Å². The van der Waals surface area contributed by atoms with Gasteiger partial charge in [0.2, 0.25) is 5.95 Å². The van der Waals surface area contributed by atoms with Crippen molar-refractivity contribution in [1.29, 1.82) is 0 Å². The van der Waals surface area contributed by atoms with E-state index in [4.69, 9.17) is 15.1 Å². The number of anilines is 1. The fourth-order valence-electron chi connectivity index (χ4n) is 4.30. The number of piperidine rings is 1. The van der Waals surface area contributed by atoms with E-state index < -0.39 is 0 Å². The third-order valence-corrected chi connectivity index (χ3v) is 6.51. The summed E-state index contributed by atoms with van der Waals surface area (Å²) in [5, 5.41) is 24.6. The molecule has 3 N–H and O–H groups in total. The molecule has 1 aliphatic rings. The summed E-state index contributed by atoms with van der Waals surface area (Å²) in [7, 11) is 0. The van der Waals surface area contributed by atoms with E-state index in [0.29, 0.717) is 5.95 Å². The minimum Gasteiger partial charge on any atom is -0.508 e. The van der Waals surface area contributed by atoms with E-state index in [-0.39, 0.29) is 18.4 Å². The van der Waals surface area contributed by atoms with Gasteiger partial charge in [0, 0.05) is 49.1 Å². The molecule has 1 fully saturated rings. The van der Waals surface area contributed by atoms with Crippen LogP contribution >= 0.6 is 11.3 Å². The van der Waals surface area contributed by atoms with Crippen molar-refractivity contribution in [2.24, 2.45) is 0 Å². The molecule has 166 valence electrons. The molecular weight excluding hydrogens is 424 g/mol. The molecule has 4 aromatic rings. The number of thiazole rings is 1. The average Bonchev–Trinajstić information content (AvgIpc) is 3.39. The number of aromatic hydroxyl groups is 1. The van der Waals surface area contributed by atoms with Gasteiger partial charge in [0.15, 0.2) is 4.96 Å². The van der Waals surface area contributed by atoms with Crippen molar-refractivity contribution < 1.29 is 10.2 Å². The normalized spacial score (nSPS) is 17.1. The molecule has 0 saturated carbocycles. The zero-order chi connectivity index (χ0) is 21.9. The van der Waals surface area contributed by atoms with Gasteiger partial charge in [0.05, 0.1) is 11.4 Å². The molecule has 3 aromatic heterocycles. The predicted octanol–water partition coefficient (Wildman–Crippen LogP) is 3.48. The summed E-state index contributed by atoms with van der Waals surface area (Å²) in [5.74, 6) is 0.807. The fourth-order valence-corrected chi connectivity index (χ4v) is 5.01. The highest BCUT2D eigenvalue weighted by Gasteiger charge is 2.22. The SMILES string of the molecule is OCCCN1CCCC(Nc2nccc(-c3c(-c4cccc(O)c4)nc4sccn34)n2)C1. The number of imidazole rings is 1. The number of phenols is 1. The molecule has 8 nitrogen and oxygen atoms in total. The Bertz CT molecular complexity index is 1210. The quantitative estimate of drug-likeness (QED) is 0.396. The number of aliphatic hydroxyl groups is 1. The topological polar surface area (TPSA) is 98.8 Å². The predicted molar refractivity (Wildman–Crippen MR) is 126 cm³/mol. The summed E-state index contributed by atoms with van der Waals surface area (Å²) in [6.07, 6.45) is 6.75. The molecular formula is C23H26N6O2S. The lowest BCUT2D eigenvalue weighted by atomic mass is 10.1. The third-order valence-electron chi connectivity index (χ3n) is 5.75. The van der Waals surface area contributed by atoms with Crippen LogP contribution in [0.25, 0.3) is 27.6 Å². The highest BCUT2D eigenvalue weighted by molar-refractivity contribution is 7.15. The first-order valence-electron chi connectivity index (χ1n) is 10.9. The minimum atomic E-state index is 0.206. The monoisotopic (exact) mass is 450 g/mol. The molecule has 0 amide bonds. The number of fused-ring (bicyclic) bond motifs is 1. The Balaban J connectivity index is 1.45. The van der Waals surface area contributed by atoms with Gasteiger partial charge in [0.25, 0.3) is 0 Å².